The van der Waals surface area contributed by atoms with Crippen LogP contribution in [0.4, 0.5) is 0 Å². The first kappa shape index (κ1) is 51.9. The zero-order chi connectivity index (χ0) is 49.2. The fourth-order valence-electron chi connectivity index (χ4n) is 11.4. The molecule has 0 atom stereocenters. The predicted octanol–water partition coefficient (Wildman–Crippen LogP) is 23.3. The summed E-state index contributed by atoms with van der Waals surface area (Å²) >= 11 is 11.6. The minimum atomic E-state index is -2.04. The zero-order valence-electron chi connectivity index (χ0n) is 43.6. The van der Waals surface area contributed by atoms with Gasteiger partial charge in [-0.15, -0.1) is 79.1 Å². The third kappa shape index (κ3) is 10.5. The minimum Gasteiger partial charge on any atom is -0.144 e. The molecular formula is C62H74S6Si2. The van der Waals surface area contributed by atoms with Crippen molar-refractivity contribution in [2.75, 3.05) is 0 Å². The van der Waals surface area contributed by atoms with E-state index in [0.29, 0.717) is 22.2 Å². The first-order valence-electron chi connectivity index (χ1n) is 26.8. The van der Waals surface area contributed by atoms with E-state index in [9.17, 15) is 0 Å². The first-order valence-corrected chi connectivity index (χ1v) is 36.5. The Morgan fingerprint density at radius 1 is 0.400 bits per heavy atom. The summed E-state index contributed by atoms with van der Waals surface area (Å²) in [5.41, 5.74) is 13.5. The molecule has 0 amide bonds. The highest BCUT2D eigenvalue weighted by molar-refractivity contribution is 7.30. The second-order valence-corrected chi connectivity index (χ2v) is 38.1. The molecule has 0 N–H and O–H groups in total. The number of unbranched alkanes of at least 4 members (excludes halogenated alkanes) is 10. The minimum absolute atomic E-state index is 0.585. The average Bonchev–Trinajstić information content (AvgIpc) is 4.20. The Morgan fingerprint density at radius 3 is 1.14 bits per heavy atom. The normalized spacial score (nSPS) is 12.7. The zero-order valence-corrected chi connectivity index (χ0v) is 50.5. The topological polar surface area (TPSA) is 0 Å². The van der Waals surface area contributed by atoms with Gasteiger partial charge in [-0.1, -0.05) is 158 Å². The number of benzene rings is 3. The predicted molar refractivity (Wildman–Crippen MR) is 332 cm³/mol. The molecular weight excluding hydrogens is 993 g/mol. The molecule has 0 nitrogen and oxygen atoms in total. The number of hydrogen-bond acceptors (Lipinski definition) is 6. The Labute approximate surface area is 446 Å². The molecule has 0 spiro atoms. The van der Waals surface area contributed by atoms with E-state index in [4.69, 9.17) is 0 Å². The lowest BCUT2D eigenvalue weighted by molar-refractivity contribution is 0.620. The van der Waals surface area contributed by atoms with Crippen LogP contribution in [0.1, 0.15) is 157 Å². The molecule has 0 aliphatic rings. The van der Waals surface area contributed by atoms with Crippen LogP contribution in [0.5, 0.6) is 0 Å². The van der Waals surface area contributed by atoms with Crippen LogP contribution in [0.3, 0.4) is 0 Å². The summed E-state index contributed by atoms with van der Waals surface area (Å²) in [4.78, 5) is 5.40. The van der Waals surface area contributed by atoms with Crippen LogP contribution in [0, 0.1) is 22.9 Å². The van der Waals surface area contributed by atoms with E-state index in [0.717, 1.165) is 0 Å². The number of hydrogen-bond donors (Lipinski definition) is 0. The molecule has 9 aromatic rings. The van der Waals surface area contributed by atoms with Crippen LogP contribution in [-0.2, 0) is 0 Å². The molecule has 366 valence electrons. The SMILES string of the molecule is CCCCCCCC[Si](C#Cc1c2cc(-c3cc4cc5sccc5cc4s3)sc2c(C#C[Si](CCCCCCCC)(C(C)C)C(C)C)c2cc(-c3cc4cc5sccc5cc4s3)sc12)(C(C)C)C(C)C. The maximum Gasteiger partial charge on any atom is 0.143 e. The molecule has 0 radical (unpaired) electrons. The summed E-state index contributed by atoms with van der Waals surface area (Å²) < 4.78 is 8.14. The van der Waals surface area contributed by atoms with Crippen molar-refractivity contribution in [3.63, 3.8) is 0 Å². The van der Waals surface area contributed by atoms with Crippen molar-refractivity contribution in [2.24, 2.45) is 0 Å². The molecule has 6 aromatic heterocycles. The van der Waals surface area contributed by atoms with E-state index >= 15 is 0 Å². The molecule has 0 aliphatic heterocycles. The summed E-state index contributed by atoms with van der Waals surface area (Å²) in [5.74, 6) is 8.40. The highest BCUT2D eigenvalue weighted by atomic mass is 32.1. The molecule has 0 saturated heterocycles. The summed E-state index contributed by atoms with van der Waals surface area (Å²) in [6.07, 6.45) is 16.0. The van der Waals surface area contributed by atoms with E-state index in [1.54, 1.807) is 0 Å². The van der Waals surface area contributed by atoms with Crippen LogP contribution in [0.15, 0.2) is 71.4 Å². The van der Waals surface area contributed by atoms with Crippen molar-refractivity contribution < 1.29 is 0 Å². The maximum absolute atomic E-state index is 4.33. The Kier molecular flexibility index (Phi) is 16.8. The summed E-state index contributed by atoms with van der Waals surface area (Å²) in [6, 6.07) is 26.7. The number of rotatable bonds is 20. The third-order valence-electron chi connectivity index (χ3n) is 16.0. The van der Waals surface area contributed by atoms with Crippen molar-refractivity contribution in [1.29, 1.82) is 0 Å². The molecule has 9 rings (SSSR count). The Hall–Kier alpha value is -3.03. The molecule has 8 heteroatoms. The Bertz CT molecular complexity index is 2980. The fraction of sp³-hybridized carbons (Fsp3) is 0.452. The van der Waals surface area contributed by atoms with E-state index in [2.05, 4.69) is 164 Å². The van der Waals surface area contributed by atoms with E-state index < -0.39 is 16.1 Å². The lowest BCUT2D eigenvalue weighted by Crippen LogP contribution is -2.40. The van der Waals surface area contributed by atoms with E-state index in [-0.39, 0.29) is 0 Å². The van der Waals surface area contributed by atoms with Gasteiger partial charge in [0.2, 0.25) is 0 Å². The summed E-state index contributed by atoms with van der Waals surface area (Å²) in [6.45, 7) is 24.6. The fourth-order valence-corrected chi connectivity index (χ4v) is 26.5. The van der Waals surface area contributed by atoms with Crippen LogP contribution in [0.2, 0.25) is 34.3 Å². The van der Waals surface area contributed by atoms with Gasteiger partial charge in [0.05, 0.1) is 20.5 Å². The van der Waals surface area contributed by atoms with Gasteiger partial charge >= 0.3 is 0 Å². The highest BCUT2D eigenvalue weighted by Crippen LogP contribution is 2.50. The smallest absolute Gasteiger partial charge is 0.143 e. The molecule has 3 aromatic carbocycles. The van der Waals surface area contributed by atoms with Gasteiger partial charge in [-0.2, -0.15) is 0 Å². The first-order chi connectivity index (χ1) is 33.8. The van der Waals surface area contributed by atoms with Crippen LogP contribution < -0.4 is 0 Å². The number of fused-ring (bicyclic) bond motifs is 6. The third-order valence-corrected chi connectivity index (χ3v) is 34.4. The van der Waals surface area contributed by atoms with Crippen molar-refractivity contribution in [2.45, 2.75) is 181 Å². The lowest BCUT2D eigenvalue weighted by Gasteiger charge is -2.34. The van der Waals surface area contributed by atoms with Gasteiger partial charge < -0.3 is 0 Å². The molecule has 0 unspecified atom stereocenters. The van der Waals surface area contributed by atoms with Gasteiger partial charge in [0.15, 0.2) is 0 Å². The Morgan fingerprint density at radius 2 is 0.757 bits per heavy atom. The average molecular weight is 1070 g/mol. The Balaban J connectivity index is 1.27. The van der Waals surface area contributed by atoms with Crippen molar-refractivity contribution in [1.82, 2.24) is 0 Å². The monoisotopic (exact) mass is 1070 g/mol. The van der Waals surface area contributed by atoms with Gasteiger partial charge in [-0.25, -0.2) is 0 Å². The van der Waals surface area contributed by atoms with Crippen molar-refractivity contribution >= 4 is 145 Å². The van der Waals surface area contributed by atoms with Gasteiger partial charge in [0.25, 0.3) is 0 Å². The lowest BCUT2D eigenvalue weighted by atomic mass is 10.0. The van der Waals surface area contributed by atoms with E-state index in [1.165, 1.54) is 180 Å². The largest absolute Gasteiger partial charge is 0.144 e. The molecule has 0 fully saturated rings. The van der Waals surface area contributed by atoms with Crippen LogP contribution >= 0.6 is 68.0 Å². The molecule has 0 saturated carbocycles. The van der Waals surface area contributed by atoms with Crippen molar-refractivity contribution in [3.05, 3.63) is 82.6 Å². The highest BCUT2D eigenvalue weighted by Gasteiger charge is 2.39. The molecule has 0 bridgehead atoms. The molecule has 0 aliphatic carbocycles. The second-order valence-electron chi connectivity index (χ2n) is 21.6. The standard InChI is InChI=1S/C62H74S6Si2/c1-11-13-15-17-19-21-29-69(41(3)4,42(5)6)31-25-49-51-39-59(57-37-47-35-53-45(23-27-63-53)33-55(47)65-57)68-62(51)50(26-32-70(43(7)8,44(9)10)30-22-20-18-16-14-12-2)52-40-60(67-61(49)52)58-38-48-36-54-46(24-28-64-54)34-56(48)66-58/h23-24,27-28,33-44H,11-22,29-30H2,1-10H3. The van der Waals surface area contributed by atoms with Gasteiger partial charge in [-0.05, 0) is 127 Å². The van der Waals surface area contributed by atoms with Gasteiger partial charge in [0, 0.05) is 49.1 Å². The molecule has 6 heterocycles. The summed E-state index contributed by atoms with van der Waals surface area (Å²) in [7, 11) is -4.08. The van der Waals surface area contributed by atoms with Crippen LogP contribution in [0.25, 0.3) is 80.0 Å². The van der Waals surface area contributed by atoms with Crippen LogP contribution in [-0.4, -0.2) is 16.1 Å². The molecule has 70 heavy (non-hydrogen) atoms. The summed E-state index contributed by atoms with van der Waals surface area (Å²) in [5, 5.41) is 12.5. The van der Waals surface area contributed by atoms with Crippen molar-refractivity contribution in [3.8, 4) is 42.4 Å². The maximum atomic E-state index is 4.33. The quantitative estimate of drug-likeness (QED) is 0.0405. The number of thiophene rings is 6. The van der Waals surface area contributed by atoms with Gasteiger partial charge in [0.1, 0.15) is 16.1 Å². The van der Waals surface area contributed by atoms with E-state index in [1.807, 2.05) is 68.0 Å². The van der Waals surface area contributed by atoms with Gasteiger partial charge in [-0.3, -0.25) is 0 Å². The second kappa shape index (κ2) is 22.6.